The van der Waals surface area contributed by atoms with Crippen LogP contribution in [-0.4, -0.2) is 36.0 Å². The highest BCUT2D eigenvalue weighted by Gasteiger charge is 2.17. The summed E-state index contributed by atoms with van der Waals surface area (Å²) >= 11 is 0. The highest BCUT2D eigenvalue weighted by molar-refractivity contribution is 5.80. The summed E-state index contributed by atoms with van der Waals surface area (Å²) in [5, 5.41) is 7.09. The van der Waals surface area contributed by atoms with Crippen LogP contribution in [0.15, 0.2) is 53.3 Å². The van der Waals surface area contributed by atoms with E-state index in [1.54, 1.807) is 33.3 Å². The van der Waals surface area contributed by atoms with Gasteiger partial charge in [-0.15, -0.1) is 5.10 Å². The van der Waals surface area contributed by atoms with Crippen molar-refractivity contribution >= 4 is 5.91 Å². The van der Waals surface area contributed by atoms with Gasteiger partial charge in [-0.2, -0.15) is 4.68 Å². The monoisotopic (exact) mass is 437 g/mol. The lowest BCUT2D eigenvalue weighted by atomic mass is 10.1. The van der Waals surface area contributed by atoms with Crippen LogP contribution in [0.3, 0.4) is 0 Å². The Labute approximate surface area is 186 Å². The van der Waals surface area contributed by atoms with Gasteiger partial charge in [0.15, 0.2) is 6.10 Å². The fourth-order valence-electron chi connectivity index (χ4n) is 3.06. The Morgan fingerprint density at radius 1 is 1.03 bits per heavy atom. The van der Waals surface area contributed by atoms with Crippen molar-refractivity contribution in [2.45, 2.75) is 33.4 Å². The van der Waals surface area contributed by atoms with Gasteiger partial charge >= 0.3 is 0 Å². The van der Waals surface area contributed by atoms with E-state index >= 15 is 0 Å². The summed E-state index contributed by atoms with van der Waals surface area (Å²) in [7, 11) is 3.13. The van der Waals surface area contributed by atoms with Gasteiger partial charge in [-0.3, -0.25) is 9.59 Å². The van der Waals surface area contributed by atoms with E-state index < -0.39 is 6.10 Å². The predicted octanol–water partition coefficient (Wildman–Crippen LogP) is 2.95. The molecule has 1 aromatic heterocycles. The zero-order valence-electron chi connectivity index (χ0n) is 18.8. The molecular formula is C24H27N3O5. The molecule has 168 valence electrons. The zero-order chi connectivity index (χ0) is 23.3. The van der Waals surface area contributed by atoms with Gasteiger partial charge in [0.25, 0.3) is 11.5 Å². The second-order valence-corrected chi connectivity index (χ2v) is 7.35. The molecule has 0 saturated carbocycles. The Kier molecular flexibility index (Phi) is 7.14. The number of aryl methyl sites for hydroxylation is 2. The first-order valence-electron chi connectivity index (χ1n) is 10.2. The number of carbonyl (C=O) groups excluding carboxylic acids is 1. The van der Waals surface area contributed by atoms with Crippen molar-refractivity contribution in [2.24, 2.45) is 0 Å². The van der Waals surface area contributed by atoms with Crippen LogP contribution < -0.4 is 25.1 Å². The summed E-state index contributed by atoms with van der Waals surface area (Å²) in [5.41, 5.74) is 3.31. The van der Waals surface area contributed by atoms with E-state index in [4.69, 9.17) is 14.2 Å². The summed E-state index contributed by atoms with van der Waals surface area (Å²) in [6.07, 6.45) is -0.822. The second-order valence-electron chi connectivity index (χ2n) is 7.35. The molecule has 0 bridgehead atoms. The first kappa shape index (κ1) is 22.9. The molecule has 1 N–H and O–H groups in total. The van der Waals surface area contributed by atoms with Gasteiger partial charge in [-0.1, -0.05) is 6.07 Å². The van der Waals surface area contributed by atoms with E-state index in [0.717, 1.165) is 16.7 Å². The van der Waals surface area contributed by atoms with Gasteiger partial charge in [0.1, 0.15) is 11.5 Å². The Balaban J connectivity index is 1.69. The number of benzene rings is 2. The summed E-state index contributed by atoms with van der Waals surface area (Å²) in [4.78, 5) is 24.8. The average molecular weight is 437 g/mol. The van der Waals surface area contributed by atoms with Crippen LogP contribution >= 0.6 is 0 Å². The number of carbonyl (C=O) groups is 1. The number of aromatic nitrogens is 2. The quantitative estimate of drug-likeness (QED) is 0.583. The Morgan fingerprint density at radius 2 is 1.81 bits per heavy atom. The van der Waals surface area contributed by atoms with Crippen molar-refractivity contribution in [3.05, 3.63) is 75.6 Å². The second kappa shape index (κ2) is 10.00. The van der Waals surface area contributed by atoms with E-state index in [0.29, 0.717) is 17.2 Å². The number of methoxy groups -OCH3 is 2. The molecule has 0 spiro atoms. The minimum atomic E-state index is -0.822. The topological polar surface area (TPSA) is 91.7 Å². The lowest BCUT2D eigenvalue weighted by Crippen LogP contribution is -2.36. The third-order valence-electron chi connectivity index (χ3n) is 5.12. The third kappa shape index (κ3) is 5.26. The minimum Gasteiger partial charge on any atom is -0.497 e. The molecule has 3 rings (SSSR count). The summed E-state index contributed by atoms with van der Waals surface area (Å²) in [6.45, 7) is 5.84. The van der Waals surface area contributed by atoms with Gasteiger partial charge in [0.05, 0.1) is 19.9 Å². The fourth-order valence-corrected chi connectivity index (χ4v) is 3.06. The molecule has 0 saturated heterocycles. The van der Waals surface area contributed by atoms with Crippen molar-refractivity contribution in [3.8, 4) is 23.1 Å². The molecule has 0 fully saturated rings. The highest BCUT2D eigenvalue weighted by Crippen LogP contribution is 2.24. The van der Waals surface area contributed by atoms with Crippen LogP contribution in [0, 0.1) is 13.8 Å². The van der Waals surface area contributed by atoms with Crippen LogP contribution in [0.2, 0.25) is 0 Å². The van der Waals surface area contributed by atoms with Crippen molar-refractivity contribution in [2.75, 3.05) is 14.2 Å². The van der Waals surface area contributed by atoms with Crippen molar-refractivity contribution in [1.82, 2.24) is 15.1 Å². The van der Waals surface area contributed by atoms with Gasteiger partial charge in [0, 0.05) is 30.3 Å². The lowest BCUT2D eigenvalue weighted by Gasteiger charge is -2.16. The molecular weight excluding hydrogens is 410 g/mol. The number of nitrogens with zero attached hydrogens (tertiary/aromatic N) is 2. The molecule has 8 heteroatoms. The SMILES string of the molecule is COc1ccc(CNC(=O)C(C)Oc2ccc(=O)n(-c3ccc(C)c(C)c3)n2)c(OC)c1. The van der Waals surface area contributed by atoms with Gasteiger partial charge < -0.3 is 19.5 Å². The standard InChI is InChI=1S/C24H27N3O5/c1-15-6-8-19(12-16(15)2)27-23(28)11-10-22(26-27)32-17(3)24(29)25-14-18-7-9-20(30-4)13-21(18)31-5/h6-13,17H,14H2,1-5H3,(H,25,29). The van der Waals surface area contributed by atoms with E-state index in [1.807, 2.05) is 38.1 Å². The first-order valence-corrected chi connectivity index (χ1v) is 10.2. The summed E-state index contributed by atoms with van der Waals surface area (Å²) in [6, 6.07) is 13.8. The average Bonchev–Trinajstić information content (AvgIpc) is 2.80. The molecule has 3 aromatic rings. The smallest absolute Gasteiger partial charge is 0.271 e. The van der Waals surface area contributed by atoms with E-state index in [2.05, 4.69) is 10.4 Å². The molecule has 1 heterocycles. The van der Waals surface area contributed by atoms with Gasteiger partial charge in [0.2, 0.25) is 5.88 Å². The maximum atomic E-state index is 12.5. The van der Waals surface area contributed by atoms with Gasteiger partial charge in [-0.25, -0.2) is 0 Å². The number of hydrogen-bond acceptors (Lipinski definition) is 6. The molecule has 0 aliphatic rings. The predicted molar refractivity (Wildman–Crippen MR) is 121 cm³/mol. The zero-order valence-corrected chi connectivity index (χ0v) is 18.8. The number of hydrogen-bond donors (Lipinski definition) is 1. The maximum Gasteiger partial charge on any atom is 0.271 e. The maximum absolute atomic E-state index is 12.5. The summed E-state index contributed by atoms with van der Waals surface area (Å²) in [5.74, 6) is 1.13. The Hall–Kier alpha value is -3.81. The number of amides is 1. The number of rotatable bonds is 8. The van der Waals surface area contributed by atoms with E-state index in [9.17, 15) is 9.59 Å². The van der Waals surface area contributed by atoms with E-state index in [-0.39, 0.29) is 23.9 Å². The Bertz CT molecular complexity index is 1170. The molecule has 8 nitrogen and oxygen atoms in total. The number of nitrogens with one attached hydrogen (secondary N) is 1. The third-order valence-corrected chi connectivity index (χ3v) is 5.12. The molecule has 1 unspecified atom stereocenters. The van der Waals surface area contributed by atoms with Crippen LogP contribution in [-0.2, 0) is 11.3 Å². The molecule has 0 aliphatic heterocycles. The summed E-state index contributed by atoms with van der Waals surface area (Å²) < 4.78 is 17.5. The van der Waals surface area contributed by atoms with Crippen LogP contribution in [0.1, 0.15) is 23.6 Å². The van der Waals surface area contributed by atoms with Crippen molar-refractivity contribution < 1.29 is 19.0 Å². The van der Waals surface area contributed by atoms with Crippen molar-refractivity contribution in [1.29, 1.82) is 0 Å². The van der Waals surface area contributed by atoms with Gasteiger partial charge in [-0.05, 0) is 56.2 Å². The molecule has 0 aliphatic carbocycles. The fraction of sp³-hybridized carbons (Fsp3) is 0.292. The highest BCUT2D eigenvalue weighted by atomic mass is 16.5. The lowest BCUT2D eigenvalue weighted by molar-refractivity contribution is -0.127. The molecule has 2 aromatic carbocycles. The Morgan fingerprint density at radius 3 is 2.50 bits per heavy atom. The largest absolute Gasteiger partial charge is 0.497 e. The van der Waals surface area contributed by atoms with Crippen LogP contribution in [0.4, 0.5) is 0 Å². The molecule has 0 radical (unpaired) electrons. The molecule has 1 amide bonds. The normalized spacial score (nSPS) is 11.5. The number of ether oxygens (including phenoxy) is 3. The van der Waals surface area contributed by atoms with Crippen LogP contribution in [0.25, 0.3) is 5.69 Å². The van der Waals surface area contributed by atoms with Crippen LogP contribution in [0.5, 0.6) is 17.4 Å². The molecule has 1 atom stereocenters. The minimum absolute atomic E-state index is 0.174. The van der Waals surface area contributed by atoms with Crippen molar-refractivity contribution in [3.63, 3.8) is 0 Å². The molecule has 32 heavy (non-hydrogen) atoms. The first-order chi connectivity index (χ1) is 15.3. The van der Waals surface area contributed by atoms with E-state index in [1.165, 1.54) is 16.8 Å².